The van der Waals surface area contributed by atoms with Crippen molar-refractivity contribution in [2.75, 3.05) is 26.3 Å². The molecule has 0 amide bonds. The van der Waals surface area contributed by atoms with E-state index in [-0.39, 0.29) is 6.42 Å². The van der Waals surface area contributed by atoms with Gasteiger partial charge in [0.15, 0.2) is 0 Å². The molecule has 96 valence electrons. The van der Waals surface area contributed by atoms with Crippen molar-refractivity contribution in [3.63, 3.8) is 0 Å². The fraction of sp³-hybridized carbons (Fsp3) is 0.636. The molecule has 1 aliphatic carbocycles. The van der Waals surface area contributed by atoms with Crippen LogP contribution in [-0.2, 0) is 4.74 Å². The Morgan fingerprint density at radius 2 is 1.94 bits per heavy atom. The van der Waals surface area contributed by atoms with Gasteiger partial charge in [0, 0.05) is 25.2 Å². The molecule has 0 saturated carbocycles. The highest BCUT2D eigenvalue weighted by molar-refractivity contribution is 5.29. The zero-order chi connectivity index (χ0) is 12.5. The van der Waals surface area contributed by atoms with Gasteiger partial charge in [-0.15, -0.1) is 0 Å². The highest BCUT2D eigenvalue weighted by Crippen LogP contribution is 2.35. The zero-order valence-electron chi connectivity index (χ0n) is 9.33. The van der Waals surface area contributed by atoms with Crippen LogP contribution in [0.25, 0.3) is 0 Å². The number of rotatable bonds is 1. The predicted molar refractivity (Wildman–Crippen MR) is 56.9 cm³/mol. The van der Waals surface area contributed by atoms with E-state index in [1.165, 1.54) is 12.2 Å². The summed E-state index contributed by atoms with van der Waals surface area (Å²) in [4.78, 5) is 1.97. The Balaban J connectivity index is 2.08. The lowest BCUT2D eigenvalue weighted by atomic mass is 9.95. The molecule has 1 heterocycles. The molecular weight excluding hydrogens is 233 g/mol. The number of nitrogens with zero attached hydrogens (tertiary/aromatic N) is 1. The molecule has 1 saturated heterocycles. The van der Waals surface area contributed by atoms with Crippen molar-refractivity contribution in [1.29, 1.82) is 0 Å². The van der Waals surface area contributed by atoms with Gasteiger partial charge in [0.25, 0.3) is 0 Å². The molecule has 2 rings (SSSR count). The van der Waals surface area contributed by atoms with Crippen LogP contribution >= 0.6 is 0 Å². The van der Waals surface area contributed by atoms with Crippen molar-refractivity contribution < 1.29 is 17.9 Å². The lowest BCUT2D eigenvalue weighted by molar-refractivity contribution is -0.161. The third-order valence-corrected chi connectivity index (χ3v) is 3.03. The summed E-state index contributed by atoms with van der Waals surface area (Å²) in [7, 11) is 0. The summed E-state index contributed by atoms with van der Waals surface area (Å²) in [5.74, 6) is -1.45. The summed E-state index contributed by atoms with van der Waals surface area (Å²) in [5.41, 5.74) is 6.78. The summed E-state index contributed by atoms with van der Waals surface area (Å²) in [6.07, 6.45) is -1.67. The van der Waals surface area contributed by atoms with Crippen molar-refractivity contribution in [3.8, 4) is 0 Å². The topological polar surface area (TPSA) is 38.5 Å². The number of hydrogen-bond donors (Lipinski definition) is 1. The Morgan fingerprint density at radius 1 is 1.29 bits per heavy atom. The molecule has 2 N–H and O–H groups in total. The van der Waals surface area contributed by atoms with E-state index in [0.29, 0.717) is 37.7 Å². The smallest absolute Gasteiger partial charge is 0.395 e. The van der Waals surface area contributed by atoms with Crippen molar-refractivity contribution in [1.82, 2.24) is 4.90 Å². The first-order valence-corrected chi connectivity index (χ1v) is 5.54. The first kappa shape index (κ1) is 12.3. The van der Waals surface area contributed by atoms with Crippen molar-refractivity contribution in [3.05, 3.63) is 23.5 Å². The van der Waals surface area contributed by atoms with E-state index in [2.05, 4.69) is 0 Å². The fourth-order valence-electron chi connectivity index (χ4n) is 2.06. The molecule has 1 unspecified atom stereocenters. The minimum atomic E-state index is -4.21. The number of alkyl halides is 3. The van der Waals surface area contributed by atoms with Gasteiger partial charge in [-0.3, -0.25) is 0 Å². The number of hydrogen-bond acceptors (Lipinski definition) is 3. The monoisotopic (exact) mass is 248 g/mol. The third kappa shape index (κ3) is 2.74. The Morgan fingerprint density at radius 3 is 2.47 bits per heavy atom. The minimum Gasteiger partial charge on any atom is -0.400 e. The summed E-state index contributed by atoms with van der Waals surface area (Å²) in [5, 5.41) is 0. The van der Waals surface area contributed by atoms with Crippen molar-refractivity contribution in [2.24, 2.45) is 11.7 Å². The van der Waals surface area contributed by atoms with Gasteiger partial charge in [-0.05, 0) is 6.08 Å². The van der Waals surface area contributed by atoms with E-state index in [4.69, 9.17) is 10.5 Å². The lowest BCUT2D eigenvalue weighted by Gasteiger charge is -2.33. The van der Waals surface area contributed by atoms with Crippen LogP contribution in [0, 0.1) is 5.92 Å². The molecule has 0 spiro atoms. The molecule has 0 bridgehead atoms. The van der Waals surface area contributed by atoms with Crippen LogP contribution in [0.4, 0.5) is 13.2 Å². The Hall–Kier alpha value is -1.17. The van der Waals surface area contributed by atoms with Gasteiger partial charge in [0.05, 0.1) is 24.8 Å². The summed E-state index contributed by atoms with van der Waals surface area (Å²) in [6, 6.07) is 0. The Kier molecular flexibility index (Phi) is 3.33. The summed E-state index contributed by atoms with van der Waals surface area (Å²) >= 11 is 0. The average molecular weight is 248 g/mol. The van der Waals surface area contributed by atoms with Crippen LogP contribution in [0.15, 0.2) is 23.5 Å². The van der Waals surface area contributed by atoms with Gasteiger partial charge in [0.1, 0.15) is 0 Å². The molecule has 3 nitrogen and oxygen atoms in total. The van der Waals surface area contributed by atoms with E-state index in [9.17, 15) is 13.2 Å². The van der Waals surface area contributed by atoms with Gasteiger partial charge in [-0.2, -0.15) is 13.2 Å². The van der Waals surface area contributed by atoms with Gasteiger partial charge in [-0.1, -0.05) is 6.08 Å². The second-order valence-corrected chi connectivity index (χ2v) is 4.22. The largest absolute Gasteiger partial charge is 0.400 e. The van der Waals surface area contributed by atoms with E-state index in [1.54, 1.807) is 0 Å². The normalized spacial score (nSPS) is 26.5. The Bertz CT molecular complexity index is 343. The van der Waals surface area contributed by atoms with Gasteiger partial charge < -0.3 is 15.4 Å². The molecule has 17 heavy (non-hydrogen) atoms. The first-order valence-electron chi connectivity index (χ1n) is 5.54. The summed E-state index contributed by atoms with van der Waals surface area (Å²) in [6.45, 7) is 2.54. The SMILES string of the molecule is NC1=C(N2CCOCC2)C=CC(C(F)(F)F)C1. The van der Waals surface area contributed by atoms with Crippen LogP contribution in [0.1, 0.15) is 6.42 Å². The number of allylic oxidation sites excluding steroid dienone is 3. The van der Waals surface area contributed by atoms with Crippen LogP contribution in [-0.4, -0.2) is 37.4 Å². The first-order chi connectivity index (χ1) is 7.98. The summed E-state index contributed by atoms with van der Waals surface area (Å²) < 4.78 is 42.8. The van der Waals surface area contributed by atoms with Gasteiger partial charge >= 0.3 is 6.18 Å². The number of halogens is 3. The molecule has 1 atom stereocenters. The van der Waals surface area contributed by atoms with Crippen molar-refractivity contribution >= 4 is 0 Å². The van der Waals surface area contributed by atoms with Gasteiger partial charge in [0.2, 0.25) is 0 Å². The highest BCUT2D eigenvalue weighted by atomic mass is 19.4. The second-order valence-electron chi connectivity index (χ2n) is 4.22. The van der Waals surface area contributed by atoms with Crippen LogP contribution < -0.4 is 5.73 Å². The molecule has 0 aromatic carbocycles. The van der Waals surface area contributed by atoms with Crippen molar-refractivity contribution in [2.45, 2.75) is 12.6 Å². The molecule has 2 aliphatic rings. The van der Waals surface area contributed by atoms with Crippen LogP contribution in [0.2, 0.25) is 0 Å². The van der Waals surface area contributed by atoms with E-state index < -0.39 is 12.1 Å². The van der Waals surface area contributed by atoms with Gasteiger partial charge in [-0.25, -0.2) is 0 Å². The Labute approximate surface area is 97.7 Å². The molecule has 1 fully saturated rings. The molecule has 1 aliphatic heterocycles. The predicted octanol–water partition coefficient (Wildman–Crippen LogP) is 1.63. The molecule has 6 heteroatoms. The third-order valence-electron chi connectivity index (χ3n) is 3.03. The van der Waals surface area contributed by atoms with Crippen LogP contribution in [0.5, 0.6) is 0 Å². The maximum Gasteiger partial charge on any atom is 0.395 e. The number of ether oxygens (including phenoxy) is 1. The maximum absolute atomic E-state index is 12.5. The van der Waals surface area contributed by atoms with E-state index >= 15 is 0 Å². The zero-order valence-corrected chi connectivity index (χ0v) is 9.33. The molecule has 0 aromatic rings. The molecular formula is C11H15F3N2O. The maximum atomic E-state index is 12.5. The molecule has 0 aromatic heterocycles. The van der Waals surface area contributed by atoms with E-state index in [1.807, 2.05) is 4.90 Å². The number of morpholine rings is 1. The second kappa shape index (κ2) is 4.60. The average Bonchev–Trinajstić information content (AvgIpc) is 2.29. The standard InChI is InChI=1S/C11H15F3N2O/c12-11(13,14)8-1-2-10(9(15)7-8)16-3-5-17-6-4-16/h1-2,8H,3-7,15H2. The number of nitrogens with two attached hydrogens (primary N) is 1. The quantitative estimate of drug-likeness (QED) is 0.766. The lowest BCUT2D eigenvalue weighted by Crippen LogP contribution is -2.38. The van der Waals surface area contributed by atoms with E-state index in [0.717, 1.165) is 0 Å². The fourth-order valence-corrected chi connectivity index (χ4v) is 2.06. The minimum absolute atomic E-state index is 0.146. The molecule has 0 radical (unpaired) electrons. The highest BCUT2D eigenvalue weighted by Gasteiger charge is 2.39. The van der Waals surface area contributed by atoms with Crippen LogP contribution in [0.3, 0.4) is 0 Å².